The van der Waals surface area contributed by atoms with E-state index >= 15 is 0 Å². The lowest BCUT2D eigenvalue weighted by Crippen LogP contribution is -2.42. The summed E-state index contributed by atoms with van der Waals surface area (Å²) in [5.41, 5.74) is 4.06. The number of para-hydroxylation sites is 1. The molecule has 0 bridgehead atoms. The minimum absolute atomic E-state index is 0.143. The lowest BCUT2D eigenvalue weighted by Gasteiger charge is -2.24. The molecule has 0 radical (unpaired) electrons. The SMILES string of the molecule is CCN(CCNC(=O)NCc1c(C)nn(-c2ccccc2)c1C)C(C)C. The van der Waals surface area contributed by atoms with Gasteiger partial charge in [0.05, 0.1) is 11.4 Å². The van der Waals surface area contributed by atoms with Crippen molar-refractivity contribution in [3.05, 3.63) is 47.3 Å². The largest absolute Gasteiger partial charge is 0.337 e. The van der Waals surface area contributed by atoms with E-state index in [1.54, 1.807) is 0 Å². The lowest BCUT2D eigenvalue weighted by atomic mass is 10.2. The Morgan fingerprint density at radius 2 is 1.88 bits per heavy atom. The summed E-state index contributed by atoms with van der Waals surface area (Å²) in [5.74, 6) is 0. The molecule has 0 fully saturated rings. The normalized spacial score (nSPS) is 11.2. The first-order chi connectivity index (χ1) is 12.4. The third kappa shape index (κ3) is 5.08. The molecule has 0 saturated heterocycles. The maximum atomic E-state index is 12.1. The molecule has 6 heteroatoms. The van der Waals surface area contributed by atoms with E-state index in [1.165, 1.54) is 0 Å². The van der Waals surface area contributed by atoms with E-state index in [4.69, 9.17) is 0 Å². The van der Waals surface area contributed by atoms with Crippen LogP contribution in [0.3, 0.4) is 0 Å². The second-order valence-electron chi connectivity index (χ2n) is 6.73. The summed E-state index contributed by atoms with van der Waals surface area (Å²) < 4.78 is 1.92. The minimum atomic E-state index is -0.143. The molecule has 26 heavy (non-hydrogen) atoms. The molecule has 0 spiro atoms. The number of hydrogen-bond donors (Lipinski definition) is 2. The molecule has 2 aromatic rings. The number of nitrogens with zero attached hydrogens (tertiary/aromatic N) is 3. The van der Waals surface area contributed by atoms with Crippen LogP contribution in [0.2, 0.25) is 0 Å². The van der Waals surface area contributed by atoms with Gasteiger partial charge in [0.1, 0.15) is 0 Å². The maximum Gasteiger partial charge on any atom is 0.315 e. The average Bonchev–Trinajstić information content (AvgIpc) is 2.91. The molecular weight excluding hydrogens is 326 g/mol. The molecule has 0 aliphatic carbocycles. The predicted octanol–water partition coefficient (Wildman–Crippen LogP) is 3.02. The van der Waals surface area contributed by atoms with Gasteiger partial charge < -0.3 is 10.6 Å². The number of rotatable bonds is 8. The first-order valence-corrected chi connectivity index (χ1v) is 9.30. The van der Waals surface area contributed by atoms with Crippen molar-refractivity contribution in [2.24, 2.45) is 0 Å². The van der Waals surface area contributed by atoms with E-state index in [0.717, 1.165) is 35.7 Å². The summed E-state index contributed by atoms with van der Waals surface area (Å²) >= 11 is 0. The van der Waals surface area contributed by atoms with Gasteiger partial charge in [0.25, 0.3) is 0 Å². The molecule has 1 aromatic carbocycles. The van der Waals surface area contributed by atoms with Crippen molar-refractivity contribution in [2.75, 3.05) is 19.6 Å². The maximum absolute atomic E-state index is 12.1. The Morgan fingerprint density at radius 1 is 1.19 bits per heavy atom. The van der Waals surface area contributed by atoms with E-state index in [-0.39, 0.29) is 6.03 Å². The summed E-state index contributed by atoms with van der Waals surface area (Å²) in [4.78, 5) is 14.4. The second-order valence-corrected chi connectivity index (χ2v) is 6.73. The third-order valence-corrected chi connectivity index (χ3v) is 4.69. The number of urea groups is 1. The van der Waals surface area contributed by atoms with E-state index in [9.17, 15) is 4.79 Å². The molecular formula is C20H31N5O. The molecule has 0 aliphatic rings. The highest BCUT2D eigenvalue weighted by Gasteiger charge is 2.13. The number of aromatic nitrogens is 2. The molecule has 0 saturated carbocycles. The van der Waals surface area contributed by atoms with Gasteiger partial charge in [-0.05, 0) is 46.4 Å². The van der Waals surface area contributed by atoms with Crippen molar-refractivity contribution in [1.82, 2.24) is 25.3 Å². The van der Waals surface area contributed by atoms with E-state index in [0.29, 0.717) is 19.1 Å². The first-order valence-electron chi connectivity index (χ1n) is 9.30. The van der Waals surface area contributed by atoms with Crippen molar-refractivity contribution in [2.45, 2.75) is 47.2 Å². The molecule has 2 N–H and O–H groups in total. The zero-order chi connectivity index (χ0) is 19.1. The zero-order valence-electron chi connectivity index (χ0n) is 16.5. The Hall–Kier alpha value is -2.34. The van der Waals surface area contributed by atoms with Gasteiger partial charge in [-0.25, -0.2) is 9.48 Å². The number of likely N-dealkylation sites (N-methyl/N-ethyl adjacent to an activating group) is 1. The van der Waals surface area contributed by atoms with Crippen LogP contribution in [-0.4, -0.2) is 46.4 Å². The van der Waals surface area contributed by atoms with Crippen molar-refractivity contribution in [3.8, 4) is 5.69 Å². The fraction of sp³-hybridized carbons (Fsp3) is 0.500. The molecule has 1 heterocycles. The smallest absolute Gasteiger partial charge is 0.315 e. The van der Waals surface area contributed by atoms with Crippen molar-refractivity contribution >= 4 is 6.03 Å². The summed E-state index contributed by atoms with van der Waals surface area (Å²) in [6.45, 7) is 13.4. The summed E-state index contributed by atoms with van der Waals surface area (Å²) in [7, 11) is 0. The van der Waals surface area contributed by atoms with Crippen LogP contribution >= 0.6 is 0 Å². The number of amides is 2. The Balaban J connectivity index is 1.89. The van der Waals surface area contributed by atoms with Gasteiger partial charge in [0, 0.05) is 36.9 Å². The Kier molecular flexibility index (Phi) is 7.21. The molecule has 0 aliphatic heterocycles. The first kappa shape index (κ1) is 20.0. The highest BCUT2D eigenvalue weighted by atomic mass is 16.2. The van der Waals surface area contributed by atoms with E-state index in [2.05, 4.69) is 41.4 Å². The van der Waals surface area contributed by atoms with Gasteiger partial charge in [0.2, 0.25) is 0 Å². The zero-order valence-corrected chi connectivity index (χ0v) is 16.5. The molecule has 1 aromatic heterocycles. The summed E-state index contributed by atoms with van der Waals surface area (Å²) in [6.07, 6.45) is 0. The topological polar surface area (TPSA) is 62.2 Å². The number of hydrogen-bond acceptors (Lipinski definition) is 3. The quantitative estimate of drug-likeness (QED) is 0.763. The monoisotopic (exact) mass is 357 g/mol. The van der Waals surface area contributed by atoms with Gasteiger partial charge >= 0.3 is 6.03 Å². The third-order valence-electron chi connectivity index (χ3n) is 4.69. The Labute approximate surface area is 156 Å². The second kappa shape index (κ2) is 9.38. The van der Waals surface area contributed by atoms with Gasteiger partial charge in [-0.1, -0.05) is 25.1 Å². The van der Waals surface area contributed by atoms with Crippen LogP contribution in [0, 0.1) is 13.8 Å². The van der Waals surface area contributed by atoms with Gasteiger partial charge in [-0.3, -0.25) is 4.90 Å². The minimum Gasteiger partial charge on any atom is -0.337 e. The van der Waals surface area contributed by atoms with Crippen LogP contribution in [0.25, 0.3) is 5.69 Å². The fourth-order valence-corrected chi connectivity index (χ4v) is 3.08. The highest BCUT2D eigenvalue weighted by Crippen LogP contribution is 2.17. The lowest BCUT2D eigenvalue weighted by molar-refractivity contribution is 0.222. The number of carbonyl (C=O) groups excluding carboxylic acids is 1. The van der Waals surface area contributed by atoms with Gasteiger partial charge in [-0.2, -0.15) is 5.10 Å². The van der Waals surface area contributed by atoms with Crippen LogP contribution in [0.15, 0.2) is 30.3 Å². The van der Waals surface area contributed by atoms with Crippen LogP contribution in [0.5, 0.6) is 0 Å². The van der Waals surface area contributed by atoms with E-state index in [1.807, 2.05) is 48.9 Å². The average molecular weight is 358 g/mol. The molecule has 6 nitrogen and oxygen atoms in total. The standard InChI is InChI=1S/C20H31N5O/c1-6-24(15(2)3)13-12-21-20(26)22-14-19-16(4)23-25(17(19)5)18-10-8-7-9-11-18/h7-11,15H,6,12-14H2,1-5H3,(H2,21,22,26). The summed E-state index contributed by atoms with van der Waals surface area (Å²) in [6, 6.07) is 10.4. The van der Waals surface area contributed by atoms with Crippen molar-refractivity contribution < 1.29 is 4.79 Å². The molecule has 0 unspecified atom stereocenters. The molecule has 0 atom stereocenters. The van der Waals surface area contributed by atoms with Crippen molar-refractivity contribution in [3.63, 3.8) is 0 Å². The van der Waals surface area contributed by atoms with Crippen LogP contribution in [0.1, 0.15) is 37.7 Å². The number of benzene rings is 1. The fourth-order valence-electron chi connectivity index (χ4n) is 3.08. The van der Waals surface area contributed by atoms with Crippen LogP contribution in [-0.2, 0) is 6.54 Å². The Morgan fingerprint density at radius 3 is 2.50 bits per heavy atom. The van der Waals surface area contributed by atoms with E-state index < -0.39 is 0 Å². The molecule has 2 amide bonds. The van der Waals surface area contributed by atoms with Gasteiger partial charge in [-0.15, -0.1) is 0 Å². The number of nitrogens with one attached hydrogen (secondary N) is 2. The number of carbonyl (C=O) groups is 1. The predicted molar refractivity (Wildman–Crippen MR) is 106 cm³/mol. The summed E-state index contributed by atoms with van der Waals surface area (Å²) in [5, 5.41) is 10.5. The molecule has 2 rings (SSSR count). The van der Waals surface area contributed by atoms with Gasteiger partial charge in [0.15, 0.2) is 0 Å². The highest BCUT2D eigenvalue weighted by molar-refractivity contribution is 5.73. The molecule has 142 valence electrons. The van der Waals surface area contributed by atoms with Crippen LogP contribution in [0.4, 0.5) is 4.79 Å². The van der Waals surface area contributed by atoms with Crippen LogP contribution < -0.4 is 10.6 Å². The Bertz CT molecular complexity index is 708. The number of aryl methyl sites for hydroxylation is 1. The van der Waals surface area contributed by atoms with Crippen molar-refractivity contribution in [1.29, 1.82) is 0 Å².